The van der Waals surface area contributed by atoms with Gasteiger partial charge in [0.25, 0.3) is 11.7 Å². The van der Waals surface area contributed by atoms with Crippen LogP contribution in [0.15, 0.2) is 48.0 Å². The van der Waals surface area contributed by atoms with E-state index in [9.17, 15) is 14.7 Å². The zero-order chi connectivity index (χ0) is 26.6. The first-order valence-electron chi connectivity index (χ1n) is 12.2. The topological polar surface area (TPSA) is 85.3 Å². The molecule has 7 heteroatoms. The van der Waals surface area contributed by atoms with Gasteiger partial charge in [-0.05, 0) is 61.1 Å². The number of benzene rings is 2. The lowest BCUT2D eigenvalue weighted by Crippen LogP contribution is -2.31. The number of methoxy groups -OCH3 is 2. The molecule has 1 aliphatic heterocycles. The van der Waals surface area contributed by atoms with Crippen LogP contribution in [0.2, 0.25) is 0 Å². The van der Waals surface area contributed by atoms with Crippen LogP contribution in [0.3, 0.4) is 0 Å². The lowest BCUT2D eigenvalue weighted by molar-refractivity contribution is -0.140. The molecular formula is C29H37NO6. The van der Waals surface area contributed by atoms with Crippen LogP contribution in [-0.4, -0.2) is 55.2 Å². The fourth-order valence-corrected chi connectivity index (χ4v) is 4.37. The lowest BCUT2D eigenvalue weighted by atomic mass is 9.85. The molecule has 1 fully saturated rings. The predicted octanol–water partition coefficient (Wildman–Crippen LogP) is 5.24. The van der Waals surface area contributed by atoms with E-state index >= 15 is 0 Å². The Balaban J connectivity index is 2.23. The van der Waals surface area contributed by atoms with Gasteiger partial charge in [0.2, 0.25) is 0 Å². The van der Waals surface area contributed by atoms with Crippen molar-refractivity contribution in [1.82, 2.24) is 4.90 Å². The average molecular weight is 496 g/mol. The first-order valence-corrected chi connectivity index (χ1v) is 12.2. The van der Waals surface area contributed by atoms with E-state index in [0.29, 0.717) is 42.2 Å². The van der Waals surface area contributed by atoms with Crippen molar-refractivity contribution < 1.29 is 28.9 Å². The summed E-state index contributed by atoms with van der Waals surface area (Å²) in [6.07, 6.45) is 0.503. The van der Waals surface area contributed by atoms with E-state index < -0.39 is 17.7 Å². The van der Waals surface area contributed by atoms with Gasteiger partial charge in [-0.15, -0.1) is 0 Å². The maximum atomic E-state index is 13.4. The highest BCUT2D eigenvalue weighted by Crippen LogP contribution is 2.42. The predicted molar refractivity (Wildman–Crippen MR) is 139 cm³/mol. The van der Waals surface area contributed by atoms with Crippen molar-refractivity contribution in [2.24, 2.45) is 0 Å². The number of amides is 1. The van der Waals surface area contributed by atoms with Crippen molar-refractivity contribution in [2.45, 2.75) is 58.6 Å². The molecule has 1 aliphatic rings. The molecule has 1 atom stereocenters. The van der Waals surface area contributed by atoms with Crippen LogP contribution in [-0.2, 0) is 19.7 Å². The lowest BCUT2D eigenvalue weighted by Gasteiger charge is -2.26. The Hall–Kier alpha value is -3.32. The Labute approximate surface area is 213 Å². The number of likely N-dealkylation sites (tertiary alicyclic amines) is 1. The molecule has 1 amide bonds. The third kappa shape index (κ3) is 5.73. The maximum absolute atomic E-state index is 13.4. The molecule has 0 bridgehead atoms. The van der Waals surface area contributed by atoms with E-state index in [-0.39, 0.29) is 22.9 Å². The second-order valence-corrected chi connectivity index (χ2v) is 10.2. The van der Waals surface area contributed by atoms with Gasteiger partial charge in [0.05, 0.1) is 30.4 Å². The molecular weight excluding hydrogens is 458 g/mol. The van der Waals surface area contributed by atoms with Crippen LogP contribution in [0.25, 0.3) is 5.76 Å². The number of ether oxygens (including phenoxy) is 3. The van der Waals surface area contributed by atoms with E-state index in [0.717, 1.165) is 5.56 Å². The summed E-state index contributed by atoms with van der Waals surface area (Å²) in [5.41, 5.74) is 1.85. The Morgan fingerprint density at radius 2 is 1.81 bits per heavy atom. The zero-order valence-electron chi connectivity index (χ0n) is 22.3. The highest BCUT2D eigenvalue weighted by Gasteiger charge is 2.46. The van der Waals surface area contributed by atoms with Crippen LogP contribution >= 0.6 is 0 Å². The molecule has 1 saturated heterocycles. The number of carbonyl (C=O) groups excluding carboxylic acids is 2. The summed E-state index contributed by atoms with van der Waals surface area (Å²) >= 11 is 0. The van der Waals surface area contributed by atoms with Crippen molar-refractivity contribution in [3.8, 4) is 11.5 Å². The van der Waals surface area contributed by atoms with E-state index in [1.54, 1.807) is 13.2 Å². The van der Waals surface area contributed by atoms with E-state index in [2.05, 4.69) is 20.8 Å². The number of Topliss-reactive ketones (excluding diaryl/α,β-unsaturated/α-hetero) is 1. The van der Waals surface area contributed by atoms with Crippen LogP contribution in [0, 0.1) is 0 Å². The summed E-state index contributed by atoms with van der Waals surface area (Å²) in [4.78, 5) is 28.1. The molecule has 0 radical (unpaired) electrons. The van der Waals surface area contributed by atoms with Gasteiger partial charge in [0, 0.05) is 20.3 Å². The van der Waals surface area contributed by atoms with Gasteiger partial charge >= 0.3 is 0 Å². The van der Waals surface area contributed by atoms with Crippen molar-refractivity contribution >= 4 is 17.4 Å². The number of hydrogen-bond acceptors (Lipinski definition) is 6. The molecule has 1 N–H and O–H groups in total. The zero-order valence-corrected chi connectivity index (χ0v) is 22.3. The minimum atomic E-state index is -0.777. The molecule has 3 rings (SSSR count). The number of carbonyl (C=O) groups is 2. The summed E-state index contributed by atoms with van der Waals surface area (Å²) in [7, 11) is 3.10. The quantitative estimate of drug-likeness (QED) is 0.222. The fraction of sp³-hybridized carbons (Fsp3) is 0.448. The maximum Gasteiger partial charge on any atom is 0.295 e. The molecule has 7 nitrogen and oxygen atoms in total. The number of hydrogen-bond donors (Lipinski definition) is 1. The minimum absolute atomic E-state index is 0.0310. The van der Waals surface area contributed by atoms with E-state index in [1.807, 2.05) is 50.2 Å². The molecule has 0 spiro atoms. The van der Waals surface area contributed by atoms with Crippen molar-refractivity contribution in [3.63, 3.8) is 0 Å². The van der Waals surface area contributed by atoms with Crippen LogP contribution < -0.4 is 9.47 Å². The number of nitrogens with zero attached hydrogens (tertiary/aromatic N) is 1. The van der Waals surface area contributed by atoms with Gasteiger partial charge in [0.15, 0.2) is 0 Å². The van der Waals surface area contributed by atoms with Crippen molar-refractivity contribution in [1.29, 1.82) is 0 Å². The summed E-state index contributed by atoms with van der Waals surface area (Å²) < 4.78 is 16.6. The Morgan fingerprint density at radius 1 is 1.08 bits per heavy atom. The first-order chi connectivity index (χ1) is 17.0. The SMILES string of the molecule is COCCCN1C(=O)C(=O)/C(=C(/O)c2cc(C(C)(C)C)ccc2OC)C1c1cccc(OC(C)C)c1. The molecule has 194 valence electrons. The third-order valence-corrected chi connectivity index (χ3v) is 6.15. The summed E-state index contributed by atoms with van der Waals surface area (Å²) in [5, 5.41) is 11.6. The van der Waals surface area contributed by atoms with E-state index in [1.165, 1.54) is 12.0 Å². The van der Waals surface area contributed by atoms with E-state index in [4.69, 9.17) is 14.2 Å². The van der Waals surface area contributed by atoms with Gasteiger partial charge in [-0.25, -0.2) is 0 Å². The molecule has 36 heavy (non-hydrogen) atoms. The van der Waals surface area contributed by atoms with Crippen molar-refractivity contribution in [2.75, 3.05) is 27.4 Å². The summed E-state index contributed by atoms with van der Waals surface area (Å²) in [6, 6.07) is 12.1. The monoisotopic (exact) mass is 495 g/mol. The Morgan fingerprint density at radius 3 is 2.42 bits per heavy atom. The number of aliphatic hydroxyl groups excluding tert-OH is 1. The Bertz CT molecular complexity index is 1140. The van der Waals surface area contributed by atoms with Gasteiger partial charge in [0.1, 0.15) is 17.3 Å². The molecule has 0 aliphatic carbocycles. The molecule has 1 heterocycles. The van der Waals surface area contributed by atoms with Crippen LogP contribution in [0.1, 0.15) is 63.8 Å². The van der Waals surface area contributed by atoms with Crippen molar-refractivity contribution in [3.05, 3.63) is 64.7 Å². The molecule has 1 unspecified atom stereocenters. The highest BCUT2D eigenvalue weighted by molar-refractivity contribution is 6.46. The third-order valence-electron chi connectivity index (χ3n) is 6.15. The van der Waals surface area contributed by atoms with Crippen LogP contribution in [0.5, 0.6) is 11.5 Å². The largest absolute Gasteiger partial charge is 0.507 e. The average Bonchev–Trinajstić information content (AvgIpc) is 3.07. The van der Waals surface area contributed by atoms with Gasteiger partial charge in [-0.3, -0.25) is 9.59 Å². The highest BCUT2D eigenvalue weighted by atomic mass is 16.5. The summed E-state index contributed by atoms with van der Waals surface area (Å²) in [5.74, 6) is -0.600. The summed E-state index contributed by atoms with van der Waals surface area (Å²) in [6.45, 7) is 10.8. The van der Waals surface area contributed by atoms with Gasteiger partial charge < -0.3 is 24.2 Å². The standard InChI is InChI=1S/C29H37NO6/c1-18(2)36-21-11-8-10-19(16-21)25-24(27(32)28(33)30(25)14-9-15-34-6)26(31)22-17-20(29(3,4)5)12-13-23(22)35-7/h8,10-13,16-18,25,31H,9,14-15H2,1-7H3/b26-24+. The number of rotatable bonds is 9. The van der Waals surface area contributed by atoms with Gasteiger partial charge in [-0.2, -0.15) is 0 Å². The van der Waals surface area contributed by atoms with Gasteiger partial charge in [-0.1, -0.05) is 39.0 Å². The minimum Gasteiger partial charge on any atom is -0.507 e. The smallest absolute Gasteiger partial charge is 0.295 e. The second-order valence-electron chi connectivity index (χ2n) is 10.2. The molecule has 0 aromatic heterocycles. The first kappa shape index (κ1) is 27.3. The number of aliphatic hydroxyl groups is 1. The van der Waals surface area contributed by atoms with Crippen LogP contribution in [0.4, 0.5) is 0 Å². The molecule has 0 saturated carbocycles. The normalized spacial score (nSPS) is 17.7. The Kier molecular flexibility index (Phi) is 8.46. The molecule has 2 aromatic carbocycles. The molecule has 2 aromatic rings. The number of ketones is 1. The second kappa shape index (κ2) is 11.2. The fourth-order valence-electron chi connectivity index (χ4n) is 4.37.